The molecule has 1 aliphatic heterocycles. The molecule has 5 nitrogen and oxygen atoms in total. The standard InChI is InChI=1S/C9H12N3O2P/c1-2-7-3-4-10-9(11-7)12-5-8(6-12)14-15-13/h2-4,8,13,15H,1,5-6H2. The molecule has 6 heteroatoms. The molecule has 0 bridgehead atoms. The molecule has 15 heavy (non-hydrogen) atoms. The molecule has 0 aliphatic carbocycles. The Kier molecular flexibility index (Phi) is 3.26. The summed E-state index contributed by atoms with van der Waals surface area (Å²) in [6.45, 7) is 5.11. The summed E-state index contributed by atoms with van der Waals surface area (Å²) < 4.78 is 5.05. The van der Waals surface area contributed by atoms with E-state index in [9.17, 15) is 0 Å². The van der Waals surface area contributed by atoms with E-state index in [1.54, 1.807) is 18.3 Å². The van der Waals surface area contributed by atoms with Gasteiger partial charge in [-0.1, -0.05) is 6.58 Å². The highest BCUT2D eigenvalue weighted by Crippen LogP contribution is 2.22. The van der Waals surface area contributed by atoms with E-state index in [4.69, 9.17) is 9.42 Å². The van der Waals surface area contributed by atoms with Gasteiger partial charge in [-0.2, -0.15) is 0 Å². The van der Waals surface area contributed by atoms with Crippen LogP contribution in [0.3, 0.4) is 0 Å². The average Bonchev–Trinajstić information content (AvgIpc) is 2.23. The first kappa shape index (κ1) is 10.5. The minimum atomic E-state index is -0.442. The summed E-state index contributed by atoms with van der Waals surface area (Å²) in [5, 5.41) is 0. The van der Waals surface area contributed by atoms with E-state index in [1.807, 2.05) is 4.90 Å². The molecule has 1 atom stereocenters. The summed E-state index contributed by atoms with van der Waals surface area (Å²) in [6.07, 6.45) is 3.50. The topological polar surface area (TPSA) is 58.5 Å². The van der Waals surface area contributed by atoms with Crippen LogP contribution in [-0.2, 0) is 4.52 Å². The quantitative estimate of drug-likeness (QED) is 0.769. The van der Waals surface area contributed by atoms with Crippen molar-refractivity contribution in [3.8, 4) is 0 Å². The summed E-state index contributed by atoms with van der Waals surface area (Å²) in [6, 6.07) is 1.80. The van der Waals surface area contributed by atoms with Crippen LogP contribution in [0.25, 0.3) is 6.08 Å². The van der Waals surface area contributed by atoms with Crippen LogP contribution in [0.2, 0.25) is 0 Å². The van der Waals surface area contributed by atoms with E-state index in [1.165, 1.54) is 0 Å². The van der Waals surface area contributed by atoms with Crippen molar-refractivity contribution in [2.45, 2.75) is 6.10 Å². The molecule has 2 heterocycles. The van der Waals surface area contributed by atoms with Crippen LogP contribution in [0.15, 0.2) is 18.8 Å². The fraction of sp³-hybridized carbons (Fsp3) is 0.333. The molecule has 80 valence electrons. The molecule has 1 unspecified atom stereocenters. The first-order valence-electron chi connectivity index (χ1n) is 4.58. The second-order valence-electron chi connectivity index (χ2n) is 3.22. The van der Waals surface area contributed by atoms with Gasteiger partial charge in [-0.05, 0) is 12.1 Å². The Morgan fingerprint density at radius 1 is 1.67 bits per heavy atom. The lowest BCUT2D eigenvalue weighted by atomic mass is 10.2. The highest BCUT2D eigenvalue weighted by molar-refractivity contribution is 7.25. The molecule has 1 aliphatic rings. The maximum absolute atomic E-state index is 8.58. The van der Waals surface area contributed by atoms with E-state index in [2.05, 4.69) is 16.5 Å². The second kappa shape index (κ2) is 4.66. The van der Waals surface area contributed by atoms with Crippen molar-refractivity contribution >= 4 is 21.1 Å². The number of hydrogen-bond acceptors (Lipinski definition) is 5. The number of rotatable bonds is 4. The zero-order valence-corrected chi connectivity index (χ0v) is 9.13. The average molecular weight is 225 g/mol. The van der Waals surface area contributed by atoms with Gasteiger partial charge in [0.2, 0.25) is 5.95 Å². The fourth-order valence-electron chi connectivity index (χ4n) is 1.38. The van der Waals surface area contributed by atoms with E-state index in [0.29, 0.717) is 5.95 Å². The van der Waals surface area contributed by atoms with E-state index in [0.717, 1.165) is 18.8 Å². The summed E-state index contributed by atoms with van der Waals surface area (Å²) in [7, 11) is -0.442. The predicted molar refractivity (Wildman–Crippen MR) is 59.7 cm³/mol. The van der Waals surface area contributed by atoms with Crippen LogP contribution in [0.4, 0.5) is 5.95 Å². The van der Waals surface area contributed by atoms with Gasteiger partial charge in [0.1, 0.15) is 0 Å². The van der Waals surface area contributed by atoms with Crippen LogP contribution < -0.4 is 4.90 Å². The van der Waals surface area contributed by atoms with Gasteiger partial charge in [-0.15, -0.1) is 0 Å². The smallest absolute Gasteiger partial charge is 0.226 e. The van der Waals surface area contributed by atoms with E-state index in [-0.39, 0.29) is 6.10 Å². The van der Waals surface area contributed by atoms with Gasteiger partial charge in [-0.25, -0.2) is 9.97 Å². The number of anilines is 1. The summed E-state index contributed by atoms with van der Waals surface area (Å²) in [5.74, 6) is 0.688. The van der Waals surface area contributed by atoms with Gasteiger partial charge >= 0.3 is 0 Å². The van der Waals surface area contributed by atoms with Gasteiger partial charge in [0.05, 0.1) is 11.8 Å². The SMILES string of the molecule is C=Cc1ccnc(N2CC(OPO)C2)n1. The Labute approximate surface area is 89.8 Å². The van der Waals surface area contributed by atoms with Crippen LogP contribution >= 0.6 is 9.03 Å². The van der Waals surface area contributed by atoms with Crippen molar-refractivity contribution in [2.75, 3.05) is 18.0 Å². The Bertz CT molecular complexity index is 355. The molecule has 1 N–H and O–H groups in total. The summed E-state index contributed by atoms with van der Waals surface area (Å²) in [4.78, 5) is 19.0. The molecule has 1 fully saturated rings. The van der Waals surface area contributed by atoms with Crippen molar-refractivity contribution in [1.82, 2.24) is 9.97 Å². The zero-order chi connectivity index (χ0) is 10.7. The maximum atomic E-state index is 8.58. The van der Waals surface area contributed by atoms with Crippen molar-refractivity contribution in [1.29, 1.82) is 0 Å². The lowest BCUT2D eigenvalue weighted by molar-refractivity contribution is 0.176. The van der Waals surface area contributed by atoms with Gasteiger partial charge in [0.15, 0.2) is 9.03 Å². The van der Waals surface area contributed by atoms with Crippen molar-refractivity contribution in [3.05, 3.63) is 24.5 Å². The predicted octanol–water partition coefficient (Wildman–Crippen LogP) is 0.826. The maximum Gasteiger partial charge on any atom is 0.226 e. The molecule has 0 spiro atoms. The van der Waals surface area contributed by atoms with Crippen LogP contribution in [0, 0.1) is 0 Å². The highest BCUT2D eigenvalue weighted by Gasteiger charge is 2.29. The third kappa shape index (κ3) is 2.31. The largest absolute Gasteiger partial charge is 0.352 e. The first-order chi connectivity index (χ1) is 7.33. The number of aromatic nitrogens is 2. The van der Waals surface area contributed by atoms with Gasteiger partial charge < -0.3 is 14.3 Å². The third-order valence-corrected chi connectivity index (χ3v) is 2.66. The lowest BCUT2D eigenvalue weighted by Gasteiger charge is -2.38. The molecule has 1 aromatic rings. The van der Waals surface area contributed by atoms with E-state index < -0.39 is 9.03 Å². The molecule has 2 rings (SSSR count). The van der Waals surface area contributed by atoms with Gasteiger partial charge in [-0.3, -0.25) is 0 Å². The number of hydrogen-bond donors (Lipinski definition) is 1. The van der Waals surface area contributed by atoms with Crippen molar-refractivity contribution in [2.24, 2.45) is 0 Å². The molecular weight excluding hydrogens is 213 g/mol. The first-order valence-corrected chi connectivity index (χ1v) is 5.44. The molecular formula is C9H12N3O2P. The Balaban J connectivity index is 1.97. The molecule has 1 aromatic heterocycles. The molecule has 1 saturated heterocycles. The molecule has 0 saturated carbocycles. The monoisotopic (exact) mass is 225 g/mol. The van der Waals surface area contributed by atoms with Gasteiger partial charge in [0, 0.05) is 19.3 Å². The lowest BCUT2D eigenvalue weighted by Crippen LogP contribution is -2.52. The van der Waals surface area contributed by atoms with Crippen LogP contribution in [-0.4, -0.2) is 34.1 Å². The summed E-state index contributed by atoms with van der Waals surface area (Å²) >= 11 is 0. The Hall–Kier alpha value is -1.03. The Morgan fingerprint density at radius 2 is 2.47 bits per heavy atom. The third-order valence-electron chi connectivity index (χ3n) is 2.22. The minimum Gasteiger partial charge on any atom is -0.352 e. The molecule has 0 amide bonds. The molecule has 0 aromatic carbocycles. The fourth-order valence-corrected chi connectivity index (χ4v) is 1.68. The highest BCUT2D eigenvalue weighted by atomic mass is 31.1. The van der Waals surface area contributed by atoms with Crippen molar-refractivity contribution in [3.63, 3.8) is 0 Å². The molecule has 0 radical (unpaired) electrons. The Morgan fingerprint density at radius 3 is 3.13 bits per heavy atom. The minimum absolute atomic E-state index is 0.101. The van der Waals surface area contributed by atoms with Gasteiger partial charge in [0.25, 0.3) is 0 Å². The van der Waals surface area contributed by atoms with E-state index >= 15 is 0 Å². The second-order valence-corrected chi connectivity index (χ2v) is 3.64. The summed E-state index contributed by atoms with van der Waals surface area (Å²) in [5.41, 5.74) is 0.813. The van der Waals surface area contributed by atoms with Crippen molar-refractivity contribution < 1.29 is 9.42 Å². The normalized spacial score (nSPS) is 17.0. The van der Waals surface area contributed by atoms with Crippen LogP contribution in [0.5, 0.6) is 0 Å². The number of nitrogens with zero attached hydrogens (tertiary/aromatic N) is 3. The van der Waals surface area contributed by atoms with Crippen LogP contribution in [0.1, 0.15) is 5.69 Å². The zero-order valence-electron chi connectivity index (χ0n) is 8.13.